The zero-order chi connectivity index (χ0) is 12.7. The first-order valence-corrected chi connectivity index (χ1v) is 6.13. The molecule has 0 spiro atoms. The maximum absolute atomic E-state index is 12.1. The Bertz CT molecular complexity index is 770. The molecule has 7 nitrogen and oxygen atoms in total. The second-order valence-corrected chi connectivity index (χ2v) is 5.24. The third-order valence-corrected chi connectivity index (χ3v) is 3.47. The summed E-state index contributed by atoms with van der Waals surface area (Å²) in [7, 11) is 1.73. The number of thiazole rings is 1. The van der Waals surface area contributed by atoms with Crippen molar-refractivity contribution in [1.82, 2.24) is 29.8 Å². The Hall–Kier alpha value is -2.09. The summed E-state index contributed by atoms with van der Waals surface area (Å²) in [6.45, 7) is 2.31. The molecule has 18 heavy (non-hydrogen) atoms. The maximum Gasteiger partial charge on any atom is 0.281 e. The summed E-state index contributed by atoms with van der Waals surface area (Å²) in [5, 5.41) is 13.2. The first-order valence-electron chi connectivity index (χ1n) is 5.32. The van der Waals surface area contributed by atoms with Crippen LogP contribution in [-0.2, 0) is 13.6 Å². The minimum atomic E-state index is -0.194. The molecule has 0 atom stereocenters. The maximum atomic E-state index is 12.1. The molecule has 0 saturated carbocycles. The summed E-state index contributed by atoms with van der Waals surface area (Å²) in [4.78, 5) is 17.4. The third-order valence-electron chi connectivity index (χ3n) is 2.57. The van der Waals surface area contributed by atoms with E-state index in [-0.39, 0.29) is 5.56 Å². The predicted molar refractivity (Wildman–Crippen MR) is 66.5 cm³/mol. The lowest BCUT2D eigenvalue weighted by atomic mass is 10.4. The molecule has 0 aromatic carbocycles. The fourth-order valence-corrected chi connectivity index (χ4v) is 2.45. The highest BCUT2D eigenvalue weighted by Crippen LogP contribution is 2.11. The van der Waals surface area contributed by atoms with Crippen molar-refractivity contribution in [2.45, 2.75) is 13.5 Å². The number of nitrogens with zero attached hydrogens (tertiary/aromatic N) is 6. The van der Waals surface area contributed by atoms with Crippen molar-refractivity contribution in [3.8, 4) is 0 Å². The SMILES string of the molecule is Cc1cnc(Cn2nnc3c(cnn3C)c2=O)s1. The van der Waals surface area contributed by atoms with E-state index in [1.807, 2.05) is 6.92 Å². The summed E-state index contributed by atoms with van der Waals surface area (Å²) in [6.07, 6.45) is 3.29. The van der Waals surface area contributed by atoms with Gasteiger partial charge in [-0.05, 0) is 6.92 Å². The van der Waals surface area contributed by atoms with E-state index in [9.17, 15) is 4.79 Å². The summed E-state index contributed by atoms with van der Waals surface area (Å²) < 4.78 is 2.84. The molecule has 3 rings (SSSR count). The molecule has 3 aromatic rings. The molecular formula is C10H10N6OS. The van der Waals surface area contributed by atoms with Crippen LogP contribution in [0.3, 0.4) is 0 Å². The van der Waals surface area contributed by atoms with Crippen molar-refractivity contribution in [1.29, 1.82) is 0 Å². The minimum absolute atomic E-state index is 0.194. The van der Waals surface area contributed by atoms with Crippen molar-refractivity contribution in [3.05, 3.63) is 32.6 Å². The van der Waals surface area contributed by atoms with E-state index >= 15 is 0 Å². The molecule has 0 aliphatic carbocycles. The molecule has 0 bridgehead atoms. The Labute approximate surface area is 106 Å². The van der Waals surface area contributed by atoms with Crippen LogP contribution in [0.15, 0.2) is 17.2 Å². The van der Waals surface area contributed by atoms with E-state index < -0.39 is 0 Å². The Balaban J connectivity index is 2.07. The predicted octanol–water partition coefficient (Wildman–Crippen LogP) is 0.338. The van der Waals surface area contributed by atoms with Crippen LogP contribution in [0, 0.1) is 6.92 Å². The van der Waals surface area contributed by atoms with Gasteiger partial charge in [-0.1, -0.05) is 5.21 Å². The van der Waals surface area contributed by atoms with Crippen molar-refractivity contribution < 1.29 is 0 Å². The van der Waals surface area contributed by atoms with Gasteiger partial charge < -0.3 is 0 Å². The van der Waals surface area contributed by atoms with Gasteiger partial charge in [0.15, 0.2) is 5.65 Å². The Morgan fingerprint density at radius 2 is 2.22 bits per heavy atom. The highest BCUT2D eigenvalue weighted by Gasteiger charge is 2.10. The van der Waals surface area contributed by atoms with Crippen LogP contribution in [0.25, 0.3) is 11.0 Å². The largest absolute Gasteiger partial charge is 0.281 e. The molecule has 0 aliphatic rings. The van der Waals surface area contributed by atoms with Crippen LogP contribution < -0.4 is 5.56 Å². The lowest BCUT2D eigenvalue weighted by Gasteiger charge is -2.00. The minimum Gasteiger partial charge on any atom is -0.267 e. The molecule has 0 aliphatic heterocycles. The van der Waals surface area contributed by atoms with Gasteiger partial charge in [-0.15, -0.1) is 16.4 Å². The van der Waals surface area contributed by atoms with E-state index in [2.05, 4.69) is 20.4 Å². The van der Waals surface area contributed by atoms with E-state index in [0.29, 0.717) is 17.6 Å². The van der Waals surface area contributed by atoms with Crippen LogP contribution in [0.1, 0.15) is 9.88 Å². The van der Waals surface area contributed by atoms with Crippen molar-refractivity contribution in [3.63, 3.8) is 0 Å². The average Bonchev–Trinajstić information content (AvgIpc) is 2.91. The van der Waals surface area contributed by atoms with Gasteiger partial charge in [-0.3, -0.25) is 4.79 Å². The van der Waals surface area contributed by atoms with Gasteiger partial charge in [-0.25, -0.2) is 14.3 Å². The van der Waals surface area contributed by atoms with Crippen molar-refractivity contribution in [2.24, 2.45) is 7.05 Å². The Kier molecular flexibility index (Phi) is 2.44. The average molecular weight is 262 g/mol. The van der Waals surface area contributed by atoms with E-state index in [4.69, 9.17) is 0 Å². The van der Waals surface area contributed by atoms with Gasteiger partial charge >= 0.3 is 0 Å². The smallest absolute Gasteiger partial charge is 0.267 e. The molecule has 8 heteroatoms. The highest BCUT2D eigenvalue weighted by molar-refractivity contribution is 7.11. The molecule has 0 saturated heterocycles. The van der Waals surface area contributed by atoms with Crippen molar-refractivity contribution in [2.75, 3.05) is 0 Å². The van der Waals surface area contributed by atoms with Crippen LogP contribution >= 0.6 is 11.3 Å². The fourth-order valence-electron chi connectivity index (χ4n) is 1.68. The number of fused-ring (bicyclic) bond motifs is 1. The van der Waals surface area contributed by atoms with Gasteiger partial charge in [-0.2, -0.15) is 5.10 Å². The highest BCUT2D eigenvalue weighted by atomic mass is 32.1. The zero-order valence-electron chi connectivity index (χ0n) is 9.86. The molecule has 0 unspecified atom stereocenters. The first-order chi connectivity index (χ1) is 8.65. The van der Waals surface area contributed by atoms with Gasteiger partial charge in [0.1, 0.15) is 10.4 Å². The van der Waals surface area contributed by atoms with E-state index in [0.717, 1.165) is 9.88 Å². The van der Waals surface area contributed by atoms with Crippen LogP contribution in [0.5, 0.6) is 0 Å². The number of hydrogen-bond acceptors (Lipinski definition) is 6. The fraction of sp³-hybridized carbons (Fsp3) is 0.300. The van der Waals surface area contributed by atoms with Crippen molar-refractivity contribution >= 4 is 22.4 Å². The van der Waals surface area contributed by atoms with Crippen LogP contribution in [0.4, 0.5) is 0 Å². The lowest BCUT2D eigenvalue weighted by Crippen LogP contribution is -2.24. The summed E-state index contributed by atoms with van der Waals surface area (Å²) in [6, 6.07) is 0. The standard InChI is InChI=1S/C10H10N6OS/c1-6-3-11-8(18-6)5-16-10(17)7-4-12-15(2)9(7)13-14-16/h3-4H,5H2,1-2H3. The molecule has 0 amide bonds. The van der Waals surface area contributed by atoms with E-state index in [1.54, 1.807) is 24.6 Å². The normalized spacial score (nSPS) is 11.2. The molecule has 3 heterocycles. The Morgan fingerprint density at radius 3 is 2.94 bits per heavy atom. The topological polar surface area (TPSA) is 78.5 Å². The van der Waals surface area contributed by atoms with Gasteiger partial charge in [0.2, 0.25) is 0 Å². The third kappa shape index (κ3) is 1.70. The monoisotopic (exact) mass is 262 g/mol. The van der Waals surface area contributed by atoms with Crippen LogP contribution in [-0.4, -0.2) is 29.8 Å². The molecule has 0 radical (unpaired) electrons. The van der Waals surface area contributed by atoms with Crippen LogP contribution in [0.2, 0.25) is 0 Å². The number of hydrogen-bond donors (Lipinski definition) is 0. The molecular weight excluding hydrogens is 252 g/mol. The summed E-state index contributed by atoms with van der Waals surface area (Å²) in [5.74, 6) is 0. The second-order valence-electron chi connectivity index (χ2n) is 3.92. The number of aryl methyl sites for hydroxylation is 2. The molecule has 3 aromatic heterocycles. The quantitative estimate of drug-likeness (QED) is 0.665. The summed E-state index contributed by atoms with van der Waals surface area (Å²) in [5.41, 5.74) is 0.299. The van der Waals surface area contributed by atoms with Gasteiger partial charge in [0.25, 0.3) is 5.56 Å². The zero-order valence-corrected chi connectivity index (χ0v) is 10.7. The lowest BCUT2D eigenvalue weighted by molar-refractivity contribution is 0.593. The first kappa shape index (κ1) is 11.0. The number of aromatic nitrogens is 6. The second kappa shape index (κ2) is 3.98. The summed E-state index contributed by atoms with van der Waals surface area (Å²) >= 11 is 1.54. The van der Waals surface area contributed by atoms with E-state index in [1.165, 1.54) is 15.6 Å². The van der Waals surface area contributed by atoms with Gasteiger partial charge in [0.05, 0.1) is 12.7 Å². The Morgan fingerprint density at radius 1 is 1.39 bits per heavy atom. The molecule has 0 N–H and O–H groups in total. The molecule has 0 fully saturated rings. The molecule has 92 valence electrons. The number of rotatable bonds is 2. The van der Waals surface area contributed by atoms with Gasteiger partial charge in [0, 0.05) is 18.1 Å².